The lowest BCUT2D eigenvalue weighted by molar-refractivity contribution is -0.132. The van der Waals surface area contributed by atoms with Gasteiger partial charge in [-0.05, 0) is 0 Å². The zero-order valence-electron chi connectivity index (χ0n) is 5.91. The van der Waals surface area contributed by atoms with Crippen LogP contribution in [0.4, 0.5) is 0 Å². The Morgan fingerprint density at radius 2 is 2.00 bits per heavy atom. The quantitative estimate of drug-likeness (QED) is 0.448. The monoisotopic (exact) mass is 158 g/mol. The predicted octanol–water partition coefficient (Wildman–Crippen LogP) is -1.17. The summed E-state index contributed by atoms with van der Waals surface area (Å²) in [6.45, 7) is 3.19. The van der Waals surface area contributed by atoms with Gasteiger partial charge in [-0.15, -0.1) is 0 Å². The predicted molar refractivity (Wildman–Crippen MR) is 38.6 cm³/mol. The summed E-state index contributed by atoms with van der Waals surface area (Å²) < 4.78 is 0. The van der Waals surface area contributed by atoms with Gasteiger partial charge in [0.1, 0.15) is 0 Å². The first-order valence-corrected chi connectivity index (χ1v) is 2.91. The van der Waals surface area contributed by atoms with E-state index in [9.17, 15) is 9.59 Å². The van der Waals surface area contributed by atoms with Gasteiger partial charge in [0, 0.05) is 12.0 Å². The molecule has 0 aliphatic heterocycles. The van der Waals surface area contributed by atoms with Crippen LogP contribution in [-0.4, -0.2) is 23.0 Å². The van der Waals surface area contributed by atoms with Crippen molar-refractivity contribution in [2.24, 2.45) is 11.5 Å². The maximum absolute atomic E-state index is 10.3. The molecule has 5 heteroatoms. The molecule has 1 atom stereocenters. The minimum Gasteiger partial charge on any atom is -0.478 e. The molecule has 0 rings (SSSR count). The Hall–Kier alpha value is -1.36. The Balaban J connectivity index is 3.95. The zero-order chi connectivity index (χ0) is 9.02. The van der Waals surface area contributed by atoms with Gasteiger partial charge in [-0.3, -0.25) is 4.79 Å². The first-order chi connectivity index (χ1) is 4.95. The number of hydrogen-bond donors (Lipinski definition) is 3. The van der Waals surface area contributed by atoms with Crippen LogP contribution in [0.25, 0.3) is 0 Å². The van der Waals surface area contributed by atoms with Crippen LogP contribution in [0.15, 0.2) is 12.2 Å². The fraction of sp³-hybridized carbons (Fsp3) is 0.333. The molecular weight excluding hydrogens is 148 g/mol. The molecule has 5 N–H and O–H groups in total. The average Bonchev–Trinajstić information content (AvgIpc) is 1.87. The van der Waals surface area contributed by atoms with Crippen LogP contribution in [0.1, 0.15) is 6.42 Å². The highest BCUT2D eigenvalue weighted by Crippen LogP contribution is 2.00. The highest BCUT2D eigenvalue weighted by Gasteiger charge is 2.14. The smallest absolute Gasteiger partial charge is 0.331 e. The summed E-state index contributed by atoms with van der Waals surface area (Å²) in [6.07, 6.45) is -0.106. The van der Waals surface area contributed by atoms with Gasteiger partial charge in [-0.25, -0.2) is 4.79 Å². The average molecular weight is 158 g/mol. The Bertz CT molecular complexity index is 200. The SMILES string of the molecule is C=C(CC(N)C(N)=O)C(=O)O. The number of carboxylic acid groups (broad SMARTS) is 1. The third-order valence-electron chi connectivity index (χ3n) is 1.13. The van der Waals surface area contributed by atoms with Crippen LogP contribution in [-0.2, 0) is 9.59 Å². The molecule has 0 heterocycles. The minimum atomic E-state index is -1.17. The maximum Gasteiger partial charge on any atom is 0.331 e. The Kier molecular flexibility index (Phi) is 3.26. The van der Waals surface area contributed by atoms with Gasteiger partial charge in [-0.2, -0.15) is 0 Å². The number of rotatable bonds is 4. The lowest BCUT2D eigenvalue weighted by atomic mass is 10.1. The molecular formula is C6H10N2O3. The number of carbonyl (C=O) groups excluding carboxylic acids is 1. The molecule has 0 saturated carbocycles. The van der Waals surface area contributed by atoms with E-state index in [0.29, 0.717) is 0 Å². The molecule has 1 amide bonds. The van der Waals surface area contributed by atoms with Gasteiger partial charge in [0.05, 0.1) is 6.04 Å². The van der Waals surface area contributed by atoms with Crippen LogP contribution in [0.5, 0.6) is 0 Å². The molecule has 0 aliphatic rings. The van der Waals surface area contributed by atoms with Crippen molar-refractivity contribution in [3.05, 3.63) is 12.2 Å². The van der Waals surface area contributed by atoms with Crippen molar-refractivity contribution < 1.29 is 14.7 Å². The third-order valence-corrected chi connectivity index (χ3v) is 1.13. The molecule has 0 aliphatic carbocycles. The third kappa shape index (κ3) is 3.36. The topological polar surface area (TPSA) is 106 Å². The summed E-state index contributed by atoms with van der Waals surface area (Å²) in [5.74, 6) is -1.89. The standard InChI is InChI=1S/C6H10N2O3/c1-3(6(10)11)2-4(7)5(8)9/h4H,1-2,7H2,(H2,8,9)(H,10,11). The van der Waals surface area contributed by atoms with E-state index < -0.39 is 17.9 Å². The van der Waals surface area contributed by atoms with E-state index >= 15 is 0 Å². The number of hydrogen-bond acceptors (Lipinski definition) is 3. The molecule has 62 valence electrons. The second kappa shape index (κ2) is 3.72. The van der Waals surface area contributed by atoms with Gasteiger partial charge in [0.15, 0.2) is 0 Å². The summed E-state index contributed by atoms with van der Waals surface area (Å²) in [5.41, 5.74) is 9.83. The molecule has 0 aromatic rings. The van der Waals surface area contributed by atoms with E-state index in [4.69, 9.17) is 16.6 Å². The van der Waals surface area contributed by atoms with Gasteiger partial charge < -0.3 is 16.6 Å². The number of aliphatic carboxylic acids is 1. The lowest BCUT2D eigenvalue weighted by Crippen LogP contribution is -2.37. The van der Waals surface area contributed by atoms with Crippen LogP contribution >= 0.6 is 0 Å². The van der Waals surface area contributed by atoms with Crippen molar-refractivity contribution in [1.29, 1.82) is 0 Å². The lowest BCUT2D eigenvalue weighted by Gasteiger charge is -2.05. The maximum atomic E-state index is 10.3. The van der Waals surface area contributed by atoms with E-state index in [2.05, 4.69) is 6.58 Å². The Morgan fingerprint density at radius 1 is 1.55 bits per heavy atom. The van der Waals surface area contributed by atoms with Gasteiger partial charge in [0.25, 0.3) is 0 Å². The summed E-state index contributed by atoms with van der Waals surface area (Å²) in [4.78, 5) is 20.5. The normalized spacial score (nSPS) is 12.1. The summed E-state index contributed by atoms with van der Waals surface area (Å²) in [7, 11) is 0. The van der Waals surface area contributed by atoms with Crippen LogP contribution in [0, 0.1) is 0 Å². The fourth-order valence-electron chi connectivity index (χ4n) is 0.453. The number of amides is 1. The second-order valence-corrected chi connectivity index (χ2v) is 2.12. The number of primary amides is 1. The van der Waals surface area contributed by atoms with Gasteiger partial charge in [-0.1, -0.05) is 6.58 Å². The molecule has 0 bridgehead atoms. The van der Waals surface area contributed by atoms with E-state index in [-0.39, 0.29) is 12.0 Å². The Labute approximate surface area is 63.7 Å². The number of carbonyl (C=O) groups is 2. The first kappa shape index (κ1) is 9.64. The molecule has 0 fully saturated rings. The van der Waals surface area contributed by atoms with Crippen molar-refractivity contribution in [2.45, 2.75) is 12.5 Å². The molecule has 11 heavy (non-hydrogen) atoms. The van der Waals surface area contributed by atoms with Gasteiger partial charge in [0.2, 0.25) is 5.91 Å². The summed E-state index contributed by atoms with van der Waals surface area (Å²) in [5, 5.41) is 8.31. The highest BCUT2D eigenvalue weighted by molar-refractivity contribution is 5.88. The molecule has 1 unspecified atom stereocenters. The van der Waals surface area contributed by atoms with Crippen LogP contribution in [0.3, 0.4) is 0 Å². The van der Waals surface area contributed by atoms with E-state index in [1.54, 1.807) is 0 Å². The molecule has 0 aromatic carbocycles. The summed E-state index contributed by atoms with van der Waals surface area (Å²) in [6, 6.07) is -0.960. The first-order valence-electron chi connectivity index (χ1n) is 2.91. The largest absolute Gasteiger partial charge is 0.478 e. The van der Waals surface area contributed by atoms with Crippen LogP contribution in [0.2, 0.25) is 0 Å². The van der Waals surface area contributed by atoms with Crippen molar-refractivity contribution in [1.82, 2.24) is 0 Å². The zero-order valence-corrected chi connectivity index (χ0v) is 5.91. The minimum absolute atomic E-state index is 0.106. The summed E-state index contributed by atoms with van der Waals surface area (Å²) >= 11 is 0. The number of nitrogens with two attached hydrogens (primary N) is 2. The van der Waals surface area contributed by atoms with Crippen molar-refractivity contribution >= 4 is 11.9 Å². The van der Waals surface area contributed by atoms with E-state index in [0.717, 1.165) is 0 Å². The second-order valence-electron chi connectivity index (χ2n) is 2.12. The molecule has 0 saturated heterocycles. The molecule has 0 radical (unpaired) electrons. The Morgan fingerprint density at radius 3 is 2.27 bits per heavy atom. The highest BCUT2D eigenvalue weighted by atomic mass is 16.4. The van der Waals surface area contributed by atoms with Crippen molar-refractivity contribution in [3.8, 4) is 0 Å². The van der Waals surface area contributed by atoms with E-state index in [1.165, 1.54) is 0 Å². The van der Waals surface area contributed by atoms with Crippen molar-refractivity contribution in [2.75, 3.05) is 0 Å². The molecule has 5 nitrogen and oxygen atoms in total. The van der Waals surface area contributed by atoms with Crippen LogP contribution < -0.4 is 11.5 Å². The number of carboxylic acids is 1. The fourth-order valence-corrected chi connectivity index (χ4v) is 0.453. The van der Waals surface area contributed by atoms with Crippen molar-refractivity contribution in [3.63, 3.8) is 0 Å². The van der Waals surface area contributed by atoms with Gasteiger partial charge >= 0.3 is 5.97 Å². The molecule has 0 spiro atoms. The van der Waals surface area contributed by atoms with E-state index in [1.807, 2.05) is 0 Å². The molecule has 0 aromatic heterocycles.